The Hall–Kier alpha value is -3.78. The summed E-state index contributed by atoms with van der Waals surface area (Å²) in [7, 11) is 0. The number of pyridine rings is 1. The number of benzene rings is 1. The maximum atomic E-state index is 13.3. The van der Waals surface area contributed by atoms with Crippen LogP contribution in [0.1, 0.15) is 44.0 Å². The molecule has 4 aromatic rings. The Kier molecular flexibility index (Phi) is 5.51. The van der Waals surface area contributed by atoms with E-state index in [1.807, 2.05) is 30.3 Å². The minimum Gasteiger partial charge on any atom is -0.319 e. The lowest BCUT2D eigenvalue weighted by Gasteiger charge is -2.13. The molecule has 0 fully saturated rings. The SMILES string of the molecule is O=C(Nc1sc2c(c1C(=O)Nc1cnn(-c3ccccc3)c1)CCCC2)c1cccnc1. The van der Waals surface area contributed by atoms with Crippen LogP contribution in [-0.4, -0.2) is 26.6 Å². The highest BCUT2D eigenvalue weighted by atomic mass is 32.1. The average molecular weight is 444 g/mol. The lowest BCUT2D eigenvalue weighted by atomic mass is 9.95. The smallest absolute Gasteiger partial charge is 0.259 e. The molecule has 3 heterocycles. The molecule has 0 aliphatic heterocycles. The van der Waals surface area contributed by atoms with Gasteiger partial charge in [-0.25, -0.2) is 4.68 Å². The van der Waals surface area contributed by atoms with Gasteiger partial charge in [0.25, 0.3) is 11.8 Å². The van der Waals surface area contributed by atoms with Crippen molar-refractivity contribution in [3.05, 3.63) is 88.8 Å². The summed E-state index contributed by atoms with van der Waals surface area (Å²) in [5.74, 6) is -0.513. The zero-order valence-electron chi connectivity index (χ0n) is 17.2. The summed E-state index contributed by atoms with van der Waals surface area (Å²) in [4.78, 5) is 31.2. The van der Waals surface area contributed by atoms with E-state index < -0.39 is 0 Å². The van der Waals surface area contributed by atoms with E-state index in [1.54, 1.807) is 35.4 Å². The van der Waals surface area contributed by atoms with E-state index in [0.29, 0.717) is 21.8 Å². The number of amides is 2. The van der Waals surface area contributed by atoms with Crippen molar-refractivity contribution < 1.29 is 9.59 Å². The van der Waals surface area contributed by atoms with Crippen molar-refractivity contribution in [2.75, 3.05) is 10.6 Å². The van der Waals surface area contributed by atoms with Gasteiger partial charge in [0.1, 0.15) is 5.00 Å². The van der Waals surface area contributed by atoms with E-state index in [4.69, 9.17) is 0 Å². The monoisotopic (exact) mass is 443 g/mol. The van der Waals surface area contributed by atoms with Crippen molar-refractivity contribution in [3.8, 4) is 5.69 Å². The number of nitrogens with zero attached hydrogens (tertiary/aromatic N) is 3. The lowest BCUT2D eigenvalue weighted by Crippen LogP contribution is -2.18. The van der Waals surface area contributed by atoms with Crippen molar-refractivity contribution in [1.82, 2.24) is 14.8 Å². The van der Waals surface area contributed by atoms with Crippen LogP contribution >= 0.6 is 11.3 Å². The van der Waals surface area contributed by atoms with Gasteiger partial charge in [0.15, 0.2) is 0 Å². The number of nitrogens with one attached hydrogen (secondary N) is 2. The highest BCUT2D eigenvalue weighted by molar-refractivity contribution is 7.17. The van der Waals surface area contributed by atoms with Gasteiger partial charge in [0, 0.05) is 17.3 Å². The summed E-state index contributed by atoms with van der Waals surface area (Å²) >= 11 is 1.49. The van der Waals surface area contributed by atoms with E-state index in [0.717, 1.165) is 36.9 Å². The molecule has 0 atom stereocenters. The van der Waals surface area contributed by atoms with Crippen LogP contribution in [-0.2, 0) is 12.8 Å². The molecule has 160 valence electrons. The first-order valence-electron chi connectivity index (χ1n) is 10.5. The Bertz CT molecular complexity index is 1260. The van der Waals surface area contributed by atoms with Gasteiger partial charge in [-0.1, -0.05) is 18.2 Å². The summed E-state index contributed by atoms with van der Waals surface area (Å²) in [5.41, 5.74) is 3.55. The molecule has 0 bridgehead atoms. The Morgan fingerprint density at radius 2 is 1.78 bits per heavy atom. The van der Waals surface area contributed by atoms with Crippen LogP contribution in [0.4, 0.5) is 10.7 Å². The molecule has 1 aliphatic rings. The second-order valence-electron chi connectivity index (χ2n) is 7.57. The number of hydrogen-bond acceptors (Lipinski definition) is 5. The Morgan fingerprint density at radius 1 is 0.938 bits per heavy atom. The molecular formula is C24H21N5O2S. The number of rotatable bonds is 5. The van der Waals surface area contributed by atoms with Gasteiger partial charge in [-0.05, 0) is 55.5 Å². The van der Waals surface area contributed by atoms with Crippen LogP contribution in [0, 0.1) is 0 Å². The Labute approximate surface area is 189 Å². The largest absolute Gasteiger partial charge is 0.319 e. The fourth-order valence-corrected chi connectivity index (χ4v) is 5.15. The minimum absolute atomic E-state index is 0.238. The highest BCUT2D eigenvalue weighted by Gasteiger charge is 2.27. The lowest BCUT2D eigenvalue weighted by molar-refractivity contribution is 0.102. The number of carbonyl (C=O) groups is 2. The first-order chi connectivity index (χ1) is 15.7. The van der Waals surface area contributed by atoms with Gasteiger partial charge in [-0.3, -0.25) is 14.6 Å². The van der Waals surface area contributed by atoms with Crippen LogP contribution in [0.2, 0.25) is 0 Å². The third-order valence-electron chi connectivity index (χ3n) is 5.41. The number of anilines is 2. The molecule has 0 saturated heterocycles. The third-order valence-corrected chi connectivity index (χ3v) is 6.62. The highest BCUT2D eigenvalue weighted by Crippen LogP contribution is 2.38. The number of hydrogen-bond donors (Lipinski definition) is 2. The van der Waals surface area contributed by atoms with Gasteiger partial charge in [-0.2, -0.15) is 5.10 Å². The van der Waals surface area contributed by atoms with E-state index in [-0.39, 0.29) is 11.8 Å². The molecule has 0 radical (unpaired) electrons. The molecule has 1 aromatic carbocycles. The molecule has 8 heteroatoms. The van der Waals surface area contributed by atoms with Gasteiger partial charge >= 0.3 is 0 Å². The molecule has 3 aromatic heterocycles. The van der Waals surface area contributed by atoms with Crippen LogP contribution in [0.3, 0.4) is 0 Å². The number of carbonyl (C=O) groups excluding carboxylic acids is 2. The van der Waals surface area contributed by atoms with Crippen molar-refractivity contribution in [2.24, 2.45) is 0 Å². The van der Waals surface area contributed by atoms with E-state index in [1.165, 1.54) is 22.4 Å². The number of thiophene rings is 1. The molecule has 0 spiro atoms. The zero-order valence-corrected chi connectivity index (χ0v) is 18.1. The standard InChI is InChI=1S/C24H21N5O2S/c30-22(16-7-6-12-25-13-16)28-24-21(19-10-4-5-11-20(19)32-24)23(31)27-17-14-26-29(15-17)18-8-2-1-3-9-18/h1-3,6-9,12-15H,4-5,10-11H2,(H,27,31)(H,28,30). The fourth-order valence-electron chi connectivity index (χ4n) is 3.87. The topological polar surface area (TPSA) is 88.9 Å². The van der Waals surface area contributed by atoms with Crippen LogP contribution in [0.5, 0.6) is 0 Å². The van der Waals surface area contributed by atoms with Gasteiger partial charge in [0.05, 0.1) is 34.9 Å². The predicted molar refractivity (Wildman–Crippen MR) is 125 cm³/mol. The normalized spacial score (nSPS) is 12.8. The summed E-state index contributed by atoms with van der Waals surface area (Å²) in [6, 6.07) is 13.1. The molecule has 7 nitrogen and oxygen atoms in total. The van der Waals surface area contributed by atoms with Crippen molar-refractivity contribution in [1.29, 1.82) is 0 Å². The van der Waals surface area contributed by atoms with Gasteiger partial charge < -0.3 is 10.6 Å². The van der Waals surface area contributed by atoms with Crippen molar-refractivity contribution >= 4 is 33.8 Å². The second-order valence-corrected chi connectivity index (χ2v) is 8.68. The Morgan fingerprint density at radius 3 is 2.59 bits per heavy atom. The van der Waals surface area contributed by atoms with Crippen molar-refractivity contribution in [3.63, 3.8) is 0 Å². The minimum atomic E-state index is -0.275. The molecule has 0 saturated carbocycles. The summed E-state index contributed by atoms with van der Waals surface area (Å²) in [6.45, 7) is 0. The molecule has 32 heavy (non-hydrogen) atoms. The predicted octanol–water partition coefficient (Wildman–Crippen LogP) is 4.71. The fraction of sp³-hybridized carbons (Fsp3) is 0.167. The molecule has 1 aliphatic carbocycles. The molecule has 2 amide bonds. The van der Waals surface area contributed by atoms with E-state index in [9.17, 15) is 9.59 Å². The average Bonchev–Trinajstić information content (AvgIpc) is 3.44. The third kappa shape index (κ3) is 4.04. The zero-order chi connectivity index (χ0) is 21.9. The van der Waals surface area contributed by atoms with E-state index >= 15 is 0 Å². The number of aromatic nitrogens is 3. The maximum absolute atomic E-state index is 13.3. The summed E-state index contributed by atoms with van der Waals surface area (Å²) in [6.07, 6.45) is 10.4. The van der Waals surface area contributed by atoms with Gasteiger partial charge in [-0.15, -0.1) is 11.3 Å². The number of aryl methyl sites for hydroxylation is 1. The molecule has 5 rings (SSSR count). The Balaban J connectivity index is 1.42. The first kappa shape index (κ1) is 20.1. The van der Waals surface area contributed by atoms with Crippen molar-refractivity contribution in [2.45, 2.75) is 25.7 Å². The van der Waals surface area contributed by atoms with Crippen LogP contribution in [0.25, 0.3) is 5.69 Å². The number of fused-ring (bicyclic) bond motifs is 1. The maximum Gasteiger partial charge on any atom is 0.259 e. The first-order valence-corrected chi connectivity index (χ1v) is 11.3. The second kappa shape index (κ2) is 8.76. The number of para-hydroxylation sites is 1. The van der Waals surface area contributed by atoms with Crippen LogP contribution < -0.4 is 10.6 Å². The van der Waals surface area contributed by atoms with E-state index in [2.05, 4.69) is 20.7 Å². The summed E-state index contributed by atoms with van der Waals surface area (Å²) < 4.78 is 1.71. The molecule has 2 N–H and O–H groups in total. The molecular weight excluding hydrogens is 422 g/mol. The van der Waals surface area contributed by atoms with Crippen LogP contribution in [0.15, 0.2) is 67.3 Å². The molecule has 0 unspecified atom stereocenters. The van der Waals surface area contributed by atoms with Gasteiger partial charge in [0.2, 0.25) is 0 Å². The quantitative estimate of drug-likeness (QED) is 0.467. The summed E-state index contributed by atoms with van der Waals surface area (Å²) in [5, 5.41) is 10.8.